The summed E-state index contributed by atoms with van der Waals surface area (Å²) in [7, 11) is 0. The minimum Gasteiger partial charge on any atom is -0.451 e. The molecule has 0 amide bonds. The molecule has 0 atom stereocenters. The number of nitrogens with one attached hydrogen (secondary N) is 1. The van der Waals surface area contributed by atoms with Crippen molar-refractivity contribution < 1.29 is 17.6 Å². The quantitative estimate of drug-likeness (QED) is 0.766. The van der Waals surface area contributed by atoms with Crippen LogP contribution >= 0.6 is 31.9 Å². The molecule has 0 radical (unpaired) electrons. The Kier molecular flexibility index (Phi) is 4.01. The van der Waals surface area contributed by atoms with Crippen LogP contribution in [-0.2, 0) is 6.54 Å². The van der Waals surface area contributed by atoms with E-state index in [1.807, 2.05) is 0 Å². The summed E-state index contributed by atoms with van der Waals surface area (Å²) in [5, 5.41) is 2.56. The number of furan rings is 1. The van der Waals surface area contributed by atoms with Crippen LogP contribution in [0.5, 0.6) is 0 Å². The molecule has 0 saturated heterocycles. The summed E-state index contributed by atoms with van der Waals surface area (Å²) < 4.78 is 45.6. The van der Waals surface area contributed by atoms with Gasteiger partial charge in [0.2, 0.25) is 0 Å². The Labute approximate surface area is 117 Å². The molecule has 0 saturated carbocycles. The summed E-state index contributed by atoms with van der Waals surface area (Å²) >= 11 is 6.36. The lowest BCUT2D eigenvalue weighted by Gasteiger charge is -2.06. The van der Waals surface area contributed by atoms with Gasteiger partial charge >= 0.3 is 0 Å². The van der Waals surface area contributed by atoms with E-state index in [4.69, 9.17) is 4.42 Å². The van der Waals surface area contributed by atoms with Crippen molar-refractivity contribution in [2.45, 2.75) is 6.54 Å². The molecule has 2 aromatic rings. The first-order chi connectivity index (χ1) is 8.47. The predicted octanol–water partition coefficient (Wildman–Crippen LogP) is 4.83. The zero-order valence-corrected chi connectivity index (χ0v) is 11.9. The molecule has 2 rings (SSSR count). The van der Waals surface area contributed by atoms with Crippen LogP contribution in [-0.4, -0.2) is 0 Å². The molecule has 1 aromatic heterocycles. The van der Waals surface area contributed by atoms with Gasteiger partial charge in [-0.25, -0.2) is 13.2 Å². The number of halogens is 5. The summed E-state index contributed by atoms with van der Waals surface area (Å²) in [6, 6.07) is 3.02. The normalized spacial score (nSPS) is 10.7. The van der Waals surface area contributed by atoms with Crippen molar-refractivity contribution in [3.63, 3.8) is 0 Å². The molecule has 1 aromatic carbocycles. The second-order valence-corrected chi connectivity index (χ2v) is 5.01. The summed E-state index contributed by atoms with van der Waals surface area (Å²) in [6.45, 7) is 0.101. The molecule has 0 bridgehead atoms. The smallest absolute Gasteiger partial charge is 0.183 e. The van der Waals surface area contributed by atoms with Crippen LogP contribution in [0.25, 0.3) is 0 Å². The fourth-order valence-corrected chi connectivity index (χ4v) is 2.00. The van der Waals surface area contributed by atoms with Crippen LogP contribution in [0.15, 0.2) is 31.8 Å². The van der Waals surface area contributed by atoms with Crippen molar-refractivity contribution in [3.05, 3.63) is 50.6 Å². The molecule has 0 unspecified atom stereocenters. The molecular weight excluding hydrogens is 379 g/mol. The van der Waals surface area contributed by atoms with Crippen molar-refractivity contribution in [1.82, 2.24) is 0 Å². The van der Waals surface area contributed by atoms with Crippen LogP contribution < -0.4 is 5.32 Å². The lowest BCUT2D eigenvalue weighted by molar-refractivity contribution is 0.487. The first-order valence-corrected chi connectivity index (χ1v) is 6.38. The van der Waals surface area contributed by atoms with Gasteiger partial charge in [-0.3, -0.25) is 0 Å². The topological polar surface area (TPSA) is 25.2 Å². The van der Waals surface area contributed by atoms with Crippen LogP contribution in [0.4, 0.5) is 18.9 Å². The van der Waals surface area contributed by atoms with E-state index < -0.39 is 17.5 Å². The molecule has 0 aliphatic carbocycles. The maximum absolute atomic E-state index is 13.3. The largest absolute Gasteiger partial charge is 0.451 e. The highest BCUT2D eigenvalue weighted by molar-refractivity contribution is 9.13. The van der Waals surface area contributed by atoms with Gasteiger partial charge in [0.1, 0.15) is 11.6 Å². The van der Waals surface area contributed by atoms with Gasteiger partial charge in [0.25, 0.3) is 0 Å². The van der Waals surface area contributed by atoms with Gasteiger partial charge in [0.05, 0.1) is 16.7 Å². The first-order valence-electron chi connectivity index (χ1n) is 4.79. The predicted molar refractivity (Wildman–Crippen MR) is 67.8 cm³/mol. The molecule has 96 valence electrons. The Morgan fingerprint density at radius 1 is 1.11 bits per heavy atom. The van der Waals surface area contributed by atoms with Gasteiger partial charge in [-0.2, -0.15) is 0 Å². The lowest BCUT2D eigenvalue weighted by atomic mass is 10.2. The number of rotatable bonds is 3. The second kappa shape index (κ2) is 5.36. The van der Waals surface area contributed by atoms with Gasteiger partial charge in [0, 0.05) is 12.1 Å². The average Bonchev–Trinajstić information content (AvgIpc) is 2.61. The number of hydrogen-bond acceptors (Lipinski definition) is 2. The van der Waals surface area contributed by atoms with Crippen LogP contribution in [0.2, 0.25) is 0 Å². The minimum atomic E-state index is -1.24. The highest BCUT2D eigenvalue weighted by Gasteiger charge is 2.12. The van der Waals surface area contributed by atoms with Gasteiger partial charge in [-0.05, 0) is 37.9 Å². The maximum Gasteiger partial charge on any atom is 0.183 e. The highest BCUT2D eigenvalue weighted by atomic mass is 79.9. The summed E-state index contributed by atoms with van der Waals surface area (Å²) in [4.78, 5) is 0. The van der Waals surface area contributed by atoms with E-state index in [0.29, 0.717) is 21.0 Å². The fourth-order valence-electron chi connectivity index (χ4n) is 1.35. The van der Waals surface area contributed by atoms with E-state index in [0.717, 1.165) is 6.07 Å². The van der Waals surface area contributed by atoms with Crippen LogP contribution in [0.1, 0.15) is 5.76 Å². The Balaban J connectivity index is 2.15. The third-order valence-corrected chi connectivity index (χ3v) is 3.85. The molecule has 18 heavy (non-hydrogen) atoms. The molecule has 0 fully saturated rings. The monoisotopic (exact) mass is 383 g/mol. The third kappa shape index (κ3) is 2.89. The van der Waals surface area contributed by atoms with Crippen LogP contribution in [0.3, 0.4) is 0 Å². The Bertz CT molecular complexity index is 566. The van der Waals surface area contributed by atoms with E-state index in [2.05, 4.69) is 37.2 Å². The van der Waals surface area contributed by atoms with Crippen molar-refractivity contribution >= 4 is 37.5 Å². The number of hydrogen-bond donors (Lipinski definition) is 1. The molecule has 0 aliphatic heterocycles. The Morgan fingerprint density at radius 3 is 2.44 bits per heavy atom. The van der Waals surface area contributed by atoms with Gasteiger partial charge in [0.15, 0.2) is 16.3 Å². The highest BCUT2D eigenvalue weighted by Crippen LogP contribution is 2.27. The zero-order valence-electron chi connectivity index (χ0n) is 8.74. The fraction of sp³-hybridized carbons (Fsp3) is 0.0909. The minimum absolute atomic E-state index is 0.101. The molecular formula is C11H6Br2F3NO. The SMILES string of the molecule is Fc1cc(F)c(F)c(NCc2cc(Br)c(Br)o2)c1. The second-order valence-electron chi connectivity index (χ2n) is 3.44. The van der Waals surface area contributed by atoms with Crippen molar-refractivity contribution in [3.8, 4) is 0 Å². The molecule has 2 nitrogen and oxygen atoms in total. The molecule has 0 aliphatic rings. The van der Waals surface area contributed by atoms with Gasteiger partial charge in [-0.15, -0.1) is 0 Å². The summed E-state index contributed by atoms with van der Waals surface area (Å²) in [5.74, 6) is -2.73. The van der Waals surface area contributed by atoms with E-state index >= 15 is 0 Å². The lowest BCUT2D eigenvalue weighted by Crippen LogP contribution is -2.02. The molecule has 0 spiro atoms. The zero-order chi connectivity index (χ0) is 13.3. The number of anilines is 1. The van der Waals surface area contributed by atoms with E-state index in [-0.39, 0.29) is 12.2 Å². The van der Waals surface area contributed by atoms with E-state index in [9.17, 15) is 13.2 Å². The standard InChI is InChI=1S/C11H6Br2F3NO/c12-7-3-6(18-11(7)13)4-17-9-2-5(14)1-8(15)10(9)16/h1-3,17H,4H2. The third-order valence-electron chi connectivity index (χ3n) is 2.14. The average molecular weight is 385 g/mol. The van der Waals surface area contributed by atoms with Crippen molar-refractivity contribution in [2.75, 3.05) is 5.32 Å². The van der Waals surface area contributed by atoms with Gasteiger partial charge in [-0.1, -0.05) is 0 Å². The summed E-state index contributed by atoms with van der Waals surface area (Å²) in [6.07, 6.45) is 0. The van der Waals surface area contributed by atoms with Crippen LogP contribution in [0, 0.1) is 17.5 Å². The summed E-state index contributed by atoms with van der Waals surface area (Å²) in [5.41, 5.74) is -0.254. The Morgan fingerprint density at radius 2 is 1.83 bits per heavy atom. The van der Waals surface area contributed by atoms with E-state index in [1.165, 1.54) is 0 Å². The van der Waals surface area contributed by atoms with Gasteiger partial charge < -0.3 is 9.73 Å². The Hall–Kier alpha value is -0.950. The molecule has 1 N–H and O–H groups in total. The maximum atomic E-state index is 13.3. The molecule has 7 heteroatoms. The number of benzene rings is 1. The van der Waals surface area contributed by atoms with Crippen molar-refractivity contribution in [2.24, 2.45) is 0 Å². The van der Waals surface area contributed by atoms with Crippen molar-refractivity contribution in [1.29, 1.82) is 0 Å². The first kappa shape index (κ1) is 13.5. The molecule has 1 heterocycles. The van der Waals surface area contributed by atoms with E-state index in [1.54, 1.807) is 6.07 Å².